The van der Waals surface area contributed by atoms with Gasteiger partial charge in [-0.2, -0.15) is 0 Å². The Morgan fingerprint density at radius 2 is 2.00 bits per heavy atom. The number of pyridine rings is 1. The molecule has 0 bridgehead atoms. The highest BCUT2D eigenvalue weighted by atomic mass is 35.5. The van der Waals surface area contributed by atoms with Crippen LogP contribution in [0, 0.1) is 5.82 Å². The second-order valence-electron chi connectivity index (χ2n) is 6.13. The van der Waals surface area contributed by atoms with Gasteiger partial charge in [-0.05, 0) is 30.3 Å². The molecule has 0 fully saturated rings. The average molecular weight is 410 g/mol. The van der Waals surface area contributed by atoms with Crippen molar-refractivity contribution >= 4 is 38.5 Å². The van der Waals surface area contributed by atoms with Crippen LogP contribution in [0.1, 0.15) is 5.56 Å². The van der Waals surface area contributed by atoms with Crippen molar-refractivity contribution in [2.24, 2.45) is 0 Å². The van der Waals surface area contributed by atoms with Crippen LogP contribution in [0.25, 0.3) is 16.8 Å². The molecule has 0 amide bonds. The van der Waals surface area contributed by atoms with Crippen LogP contribution in [0.5, 0.6) is 5.75 Å². The maximum absolute atomic E-state index is 14.2. The summed E-state index contributed by atoms with van der Waals surface area (Å²) >= 11 is 6.40. The largest absolute Gasteiger partial charge is 0.496 e. The molecule has 4 rings (SSSR count). The van der Waals surface area contributed by atoms with Gasteiger partial charge in [-0.3, -0.25) is 4.40 Å². The lowest BCUT2D eigenvalue weighted by Crippen LogP contribution is -2.07. The fraction of sp³-hybridized carbons (Fsp3) is 0.100. The number of aromatic nitrogens is 3. The van der Waals surface area contributed by atoms with E-state index in [0.717, 1.165) is 22.1 Å². The quantitative estimate of drug-likeness (QED) is 0.512. The van der Waals surface area contributed by atoms with Gasteiger partial charge in [0.25, 0.3) is 0 Å². The molecule has 4 aromatic rings. The first kappa shape index (κ1) is 18.5. The van der Waals surface area contributed by atoms with Crippen molar-refractivity contribution in [3.05, 3.63) is 71.3 Å². The number of nitrogens with one attached hydrogen (secondary N) is 1. The van der Waals surface area contributed by atoms with Crippen LogP contribution in [0.2, 0.25) is 5.02 Å². The van der Waals surface area contributed by atoms with Gasteiger partial charge in [0.1, 0.15) is 23.7 Å². The minimum atomic E-state index is -0.329. The first-order chi connectivity index (χ1) is 13.6. The van der Waals surface area contributed by atoms with Crippen LogP contribution in [-0.2, 0) is 6.54 Å². The first-order valence-electron chi connectivity index (χ1n) is 8.48. The number of ether oxygens (including phenoxy) is 1. The first-order valence-corrected chi connectivity index (χ1v) is 9.36. The molecule has 2 aromatic heterocycles. The third-order valence-corrected chi connectivity index (χ3v) is 5.08. The SMILES string of the molecule is COc1cccc(F)c1CNc1ccc(-c2ccc([Si])cc2Cl)c2nncn12. The zero-order valence-electron chi connectivity index (χ0n) is 14.9. The molecule has 8 heteroatoms. The van der Waals surface area contributed by atoms with Crippen molar-refractivity contribution in [1.29, 1.82) is 0 Å². The predicted octanol–water partition coefficient (Wildman–Crippen LogP) is 3.60. The fourth-order valence-corrected chi connectivity index (χ4v) is 3.68. The van der Waals surface area contributed by atoms with Crippen LogP contribution < -0.4 is 15.2 Å². The van der Waals surface area contributed by atoms with Crippen LogP contribution in [-0.4, -0.2) is 32.0 Å². The third kappa shape index (κ3) is 3.34. The van der Waals surface area contributed by atoms with Crippen LogP contribution in [0.15, 0.2) is 54.9 Å². The van der Waals surface area contributed by atoms with Gasteiger partial charge in [-0.15, -0.1) is 10.2 Å². The van der Waals surface area contributed by atoms with E-state index in [1.165, 1.54) is 13.2 Å². The summed E-state index contributed by atoms with van der Waals surface area (Å²) in [5.74, 6) is 0.887. The van der Waals surface area contributed by atoms with E-state index in [0.29, 0.717) is 22.0 Å². The monoisotopic (exact) mass is 409 g/mol. The molecule has 0 saturated heterocycles. The Labute approximate surface area is 169 Å². The minimum Gasteiger partial charge on any atom is -0.496 e. The van der Waals surface area contributed by atoms with Gasteiger partial charge in [0.15, 0.2) is 5.65 Å². The summed E-state index contributed by atoms with van der Waals surface area (Å²) in [7, 11) is 4.99. The molecule has 0 atom stereocenters. The molecule has 3 radical (unpaired) electrons. The lowest BCUT2D eigenvalue weighted by molar-refractivity contribution is 0.405. The van der Waals surface area contributed by atoms with Crippen molar-refractivity contribution in [1.82, 2.24) is 14.6 Å². The molecule has 0 saturated carbocycles. The highest BCUT2D eigenvalue weighted by molar-refractivity contribution is 6.38. The highest BCUT2D eigenvalue weighted by Crippen LogP contribution is 2.31. The lowest BCUT2D eigenvalue weighted by Gasteiger charge is -2.14. The maximum atomic E-state index is 14.2. The van der Waals surface area contributed by atoms with Crippen molar-refractivity contribution in [3.8, 4) is 16.9 Å². The van der Waals surface area contributed by atoms with Gasteiger partial charge >= 0.3 is 0 Å². The molecule has 139 valence electrons. The molecular weight excluding hydrogens is 395 g/mol. The zero-order chi connectivity index (χ0) is 19.7. The van der Waals surface area contributed by atoms with Gasteiger partial charge in [-0.25, -0.2) is 4.39 Å². The minimum absolute atomic E-state index is 0.251. The van der Waals surface area contributed by atoms with E-state index < -0.39 is 0 Å². The topological polar surface area (TPSA) is 51.5 Å². The van der Waals surface area contributed by atoms with E-state index in [4.69, 9.17) is 16.3 Å². The molecule has 1 N–H and O–H groups in total. The van der Waals surface area contributed by atoms with E-state index >= 15 is 0 Å². The number of nitrogens with zero attached hydrogens (tertiary/aromatic N) is 3. The van der Waals surface area contributed by atoms with Crippen molar-refractivity contribution in [2.75, 3.05) is 12.4 Å². The van der Waals surface area contributed by atoms with Gasteiger partial charge in [0.2, 0.25) is 0 Å². The number of benzene rings is 2. The van der Waals surface area contributed by atoms with Crippen molar-refractivity contribution in [2.45, 2.75) is 6.54 Å². The molecule has 2 aromatic carbocycles. The number of hydrogen-bond acceptors (Lipinski definition) is 4. The van der Waals surface area contributed by atoms with E-state index in [-0.39, 0.29) is 12.4 Å². The number of halogens is 2. The molecule has 5 nitrogen and oxygen atoms in total. The number of fused-ring (bicyclic) bond motifs is 1. The molecule has 2 heterocycles. The van der Waals surface area contributed by atoms with Gasteiger partial charge < -0.3 is 10.1 Å². The Morgan fingerprint density at radius 1 is 1.18 bits per heavy atom. The second kappa shape index (κ2) is 7.61. The second-order valence-corrected chi connectivity index (χ2v) is 7.11. The number of anilines is 1. The molecule has 0 aliphatic heterocycles. The number of methoxy groups -OCH3 is 1. The smallest absolute Gasteiger partial charge is 0.170 e. The summed E-state index contributed by atoms with van der Waals surface area (Å²) in [6.45, 7) is 0.251. The summed E-state index contributed by atoms with van der Waals surface area (Å²) < 4.78 is 21.2. The average Bonchev–Trinajstić information content (AvgIpc) is 3.17. The summed E-state index contributed by atoms with van der Waals surface area (Å²) in [4.78, 5) is 0. The summed E-state index contributed by atoms with van der Waals surface area (Å²) in [5, 5.41) is 13.0. The van der Waals surface area contributed by atoms with Crippen LogP contribution in [0.3, 0.4) is 0 Å². The van der Waals surface area contributed by atoms with Crippen molar-refractivity contribution in [3.63, 3.8) is 0 Å². The van der Waals surface area contributed by atoms with Crippen LogP contribution in [0.4, 0.5) is 10.2 Å². The predicted molar refractivity (Wildman–Crippen MR) is 109 cm³/mol. The summed E-state index contributed by atoms with van der Waals surface area (Å²) in [5.41, 5.74) is 2.80. The molecule has 28 heavy (non-hydrogen) atoms. The van der Waals surface area contributed by atoms with Crippen LogP contribution >= 0.6 is 11.6 Å². The van der Waals surface area contributed by atoms with E-state index in [1.54, 1.807) is 22.9 Å². The van der Waals surface area contributed by atoms with E-state index in [9.17, 15) is 4.39 Å². The normalized spacial score (nSPS) is 11.0. The third-order valence-electron chi connectivity index (χ3n) is 4.46. The lowest BCUT2D eigenvalue weighted by atomic mass is 10.1. The molecular formula is C20H15ClFN4OSi. The fourth-order valence-electron chi connectivity index (χ4n) is 3.08. The Kier molecular flexibility index (Phi) is 5.02. The number of hydrogen-bond donors (Lipinski definition) is 1. The summed E-state index contributed by atoms with van der Waals surface area (Å²) in [6.07, 6.45) is 1.60. The van der Waals surface area contributed by atoms with Gasteiger partial charge in [0, 0.05) is 28.3 Å². The molecule has 0 unspecified atom stereocenters. The van der Waals surface area contributed by atoms with Gasteiger partial charge in [-0.1, -0.05) is 35.0 Å². The van der Waals surface area contributed by atoms with Crippen molar-refractivity contribution < 1.29 is 9.13 Å². The highest BCUT2D eigenvalue weighted by Gasteiger charge is 2.14. The zero-order valence-corrected chi connectivity index (χ0v) is 16.7. The Hall–Kier alpha value is -2.90. The Bertz CT molecular complexity index is 1160. The Morgan fingerprint density at radius 3 is 2.79 bits per heavy atom. The molecule has 0 spiro atoms. The molecule has 0 aliphatic carbocycles. The van der Waals surface area contributed by atoms with E-state index in [1.807, 2.05) is 30.3 Å². The van der Waals surface area contributed by atoms with Gasteiger partial charge in [0.05, 0.1) is 17.4 Å². The van der Waals surface area contributed by atoms with E-state index in [2.05, 4.69) is 25.8 Å². The number of rotatable bonds is 5. The standard InChI is InChI=1S/C20H15ClFN4OSi/c1-27-18-4-2-3-17(22)15(18)10-23-19-8-7-14(20-25-24-11-26(19)20)13-6-5-12(28)9-16(13)21/h2-9,11,23H,10H2,1H3. The molecule has 0 aliphatic rings. The summed E-state index contributed by atoms with van der Waals surface area (Å²) in [6, 6.07) is 14.2. The maximum Gasteiger partial charge on any atom is 0.170 e. The Balaban J connectivity index is 1.70.